The molecule has 0 spiro atoms. The average Bonchev–Trinajstić information content (AvgIpc) is 3.20. The summed E-state index contributed by atoms with van der Waals surface area (Å²) in [6.45, 7) is 1.40. The van der Waals surface area contributed by atoms with Gasteiger partial charge in [-0.25, -0.2) is 9.59 Å². The van der Waals surface area contributed by atoms with E-state index in [1.165, 1.54) is 73.7 Å². The van der Waals surface area contributed by atoms with Gasteiger partial charge in [-0.15, -0.1) is 0 Å². The molecular formula is C41H38F18O6. The number of hydrogen-bond donors (Lipinski definition) is 0. The number of rotatable bonds is 24. The lowest BCUT2D eigenvalue weighted by atomic mass is 9.98. The molecule has 24 heteroatoms. The Balaban J connectivity index is 1.40. The minimum Gasteiger partial charge on any atom is -0.494 e. The SMILES string of the molecule is Cc1c(OC(=O)c2ccc(OCCCCCCC(F)(F)C(F)(F)C(F)(F)C(F)(F)F)cc2)cccc1OC(=O)c1ccc(OCCCCCCC(F)(F)C(F)(F)C(F)(F)C(F)(F)F)cc1. The summed E-state index contributed by atoms with van der Waals surface area (Å²) >= 11 is 0. The van der Waals surface area contributed by atoms with Crippen molar-refractivity contribution in [3.63, 3.8) is 0 Å². The highest BCUT2D eigenvalue weighted by atomic mass is 19.4. The van der Waals surface area contributed by atoms with E-state index in [0.29, 0.717) is 0 Å². The summed E-state index contributed by atoms with van der Waals surface area (Å²) in [6.07, 6.45) is -19.1. The second-order valence-electron chi connectivity index (χ2n) is 14.4. The maximum absolute atomic E-state index is 13.7. The topological polar surface area (TPSA) is 71.1 Å². The van der Waals surface area contributed by atoms with Gasteiger partial charge in [-0.2, -0.15) is 79.0 Å². The van der Waals surface area contributed by atoms with Gasteiger partial charge in [-0.3, -0.25) is 0 Å². The number of ether oxygens (including phenoxy) is 4. The summed E-state index contributed by atoms with van der Waals surface area (Å²) in [5.74, 6) is -39.6. The van der Waals surface area contributed by atoms with Crippen molar-refractivity contribution in [1.29, 1.82) is 0 Å². The molecule has 0 radical (unpaired) electrons. The van der Waals surface area contributed by atoms with Crippen molar-refractivity contribution in [2.75, 3.05) is 13.2 Å². The Labute approximate surface area is 358 Å². The molecule has 3 aromatic carbocycles. The zero-order chi connectivity index (χ0) is 49.3. The molecule has 6 nitrogen and oxygen atoms in total. The van der Waals surface area contributed by atoms with Gasteiger partial charge in [0.15, 0.2) is 0 Å². The Morgan fingerprint density at radius 1 is 0.415 bits per heavy atom. The minimum atomic E-state index is -6.93. The van der Waals surface area contributed by atoms with Crippen molar-refractivity contribution >= 4 is 11.9 Å². The van der Waals surface area contributed by atoms with Gasteiger partial charge in [0.2, 0.25) is 0 Å². The molecule has 0 fully saturated rings. The number of esters is 2. The molecule has 0 atom stereocenters. The Morgan fingerprint density at radius 2 is 0.723 bits per heavy atom. The van der Waals surface area contributed by atoms with Crippen LogP contribution < -0.4 is 18.9 Å². The molecule has 0 aliphatic carbocycles. The van der Waals surface area contributed by atoms with Gasteiger partial charge in [0.25, 0.3) is 0 Å². The van der Waals surface area contributed by atoms with E-state index in [9.17, 15) is 88.6 Å². The highest BCUT2D eigenvalue weighted by Crippen LogP contribution is 2.55. The third-order valence-corrected chi connectivity index (χ3v) is 9.55. The van der Waals surface area contributed by atoms with E-state index in [1.54, 1.807) is 0 Å². The Kier molecular flexibility index (Phi) is 17.6. The van der Waals surface area contributed by atoms with E-state index in [2.05, 4.69) is 0 Å². The monoisotopic (exact) mass is 968 g/mol. The maximum atomic E-state index is 13.7. The smallest absolute Gasteiger partial charge is 0.460 e. The zero-order valence-electron chi connectivity index (χ0n) is 33.6. The quantitative estimate of drug-likeness (QED) is 0.0385. The van der Waals surface area contributed by atoms with E-state index in [4.69, 9.17) is 18.9 Å². The van der Waals surface area contributed by atoms with Gasteiger partial charge in [-0.05, 0) is 93.3 Å². The molecule has 364 valence electrons. The van der Waals surface area contributed by atoms with E-state index in [-0.39, 0.29) is 91.4 Å². The Morgan fingerprint density at radius 3 is 1.03 bits per heavy atom. The highest BCUT2D eigenvalue weighted by molar-refractivity contribution is 5.92. The van der Waals surface area contributed by atoms with Crippen molar-refractivity contribution in [3.8, 4) is 23.0 Å². The predicted octanol–water partition coefficient (Wildman–Crippen LogP) is 14.0. The number of halogens is 18. The lowest BCUT2D eigenvalue weighted by molar-refractivity contribution is -0.396. The van der Waals surface area contributed by atoms with Crippen LogP contribution in [0.4, 0.5) is 79.0 Å². The Hall–Kier alpha value is -5.06. The summed E-state index contributed by atoms with van der Waals surface area (Å²) in [5, 5.41) is 0. The highest BCUT2D eigenvalue weighted by Gasteiger charge is 2.82. The normalized spacial score (nSPS) is 13.4. The summed E-state index contributed by atoms with van der Waals surface area (Å²) in [7, 11) is 0. The number of alkyl halides is 18. The van der Waals surface area contributed by atoms with Crippen LogP contribution in [0.3, 0.4) is 0 Å². The molecule has 65 heavy (non-hydrogen) atoms. The van der Waals surface area contributed by atoms with Crippen molar-refractivity contribution in [3.05, 3.63) is 83.4 Å². The first-order valence-corrected chi connectivity index (χ1v) is 19.2. The van der Waals surface area contributed by atoms with Crippen LogP contribution in [0.5, 0.6) is 23.0 Å². The number of benzene rings is 3. The van der Waals surface area contributed by atoms with E-state index < -0.39 is 85.5 Å². The van der Waals surface area contributed by atoms with Crippen LogP contribution >= 0.6 is 0 Å². The third kappa shape index (κ3) is 13.1. The lowest BCUT2D eigenvalue weighted by Gasteiger charge is -2.33. The molecule has 0 saturated carbocycles. The second-order valence-corrected chi connectivity index (χ2v) is 14.4. The first-order valence-electron chi connectivity index (χ1n) is 19.2. The molecule has 0 bridgehead atoms. The molecule has 0 saturated heterocycles. The average molecular weight is 969 g/mol. The van der Waals surface area contributed by atoms with Crippen LogP contribution in [0.2, 0.25) is 0 Å². The van der Waals surface area contributed by atoms with Crippen LogP contribution in [0.1, 0.15) is 90.5 Å². The fourth-order valence-corrected chi connectivity index (χ4v) is 5.62. The molecule has 3 aromatic rings. The summed E-state index contributed by atoms with van der Waals surface area (Å²) in [6, 6.07) is 15.0. The van der Waals surface area contributed by atoms with E-state index in [0.717, 1.165) is 0 Å². The number of carbonyl (C=O) groups is 2. The molecule has 3 rings (SSSR count). The van der Waals surface area contributed by atoms with Gasteiger partial charge in [0.1, 0.15) is 23.0 Å². The van der Waals surface area contributed by atoms with Gasteiger partial charge >= 0.3 is 59.8 Å². The van der Waals surface area contributed by atoms with Crippen LogP contribution in [0, 0.1) is 6.92 Å². The molecule has 0 N–H and O–H groups in total. The fraction of sp³-hybridized carbons (Fsp3) is 0.512. The first kappa shape index (κ1) is 54.3. The molecule has 0 aliphatic rings. The van der Waals surface area contributed by atoms with Crippen LogP contribution in [0.15, 0.2) is 66.7 Å². The van der Waals surface area contributed by atoms with E-state index >= 15 is 0 Å². The standard InChI is InChI=1S/C41H38F18O6/c1-25-30(64-32(60)26-13-17-28(18-14-26)62-23-8-4-2-6-21-34(42,43)36(46,47)38(50,51)40(54,55)56)11-10-12-31(25)65-33(61)27-15-19-29(20-16-27)63-24-9-5-3-7-22-35(44,45)37(48,49)39(52,53)41(57,58)59/h10-20H,2-9,21-24H2,1H3. The van der Waals surface area contributed by atoms with Gasteiger partial charge in [0, 0.05) is 18.4 Å². The zero-order valence-corrected chi connectivity index (χ0v) is 33.6. The van der Waals surface area contributed by atoms with Crippen LogP contribution in [0.25, 0.3) is 0 Å². The number of unbranched alkanes of at least 4 members (excludes halogenated alkanes) is 6. The Bertz CT molecular complexity index is 1880. The molecule has 0 aromatic heterocycles. The van der Waals surface area contributed by atoms with Crippen molar-refractivity contribution in [2.24, 2.45) is 0 Å². The summed E-state index contributed by atoms with van der Waals surface area (Å²) < 4.78 is 255. The van der Waals surface area contributed by atoms with Crippen molar-refractivity contribution < 1.29 is 108 Å². The van der Waals surface area contributed by atoms with Gasteiger partial charge < -0.3 is 18.9 Å². The van der Waals surface area contributed by atoms with Crippen LogP contribution in [-0.2, 0) is 0 Å². The fourth-order valence-electron chi connectivity index (χ4n) is 5.62. The first-order chi connectivity index (χ1) is 29.8. The molecule has 0 amide bonds. The maximum Gasteiger partial charge on any atom is 0.460 e. The molecule has 0 unspecified atom stereocenters. The van der Waals surface area contributed by atoms with Crippen molar-refractivity contribution in [2.45, 2.75) is 119 Å². The van der Waals surface area contributed by atoms with Crippen LogP contribution in [-0.4, -0.2) is 73.0 Å². The minimum absolute atomic E-state index is 0.00886. The van der Waals surface area contributed by atoms with E-state index in [1.807, 2.05) is 0 Å². The van der Waals surface area contributed by atoms with Crippen molar-refractivity contribution in [1.82, 2.24) is 0 Å². The number of carbonyl (C=O) groups excluding carboxylic acids is 2. The number of hydrogen-bond acceptors (Lipinski definition) is 6. The summed E-state index contributed by atoms with van der Waals surface area (Å²) in [4.78, 5) is 25.7. The molecular weight excluding hydrogens is 930 g/mol. The largest absolute Gasteiger partial charge is 0.494 e. The molecule has 0 aliphatic heterocycles. The summed E-state index contributed by atoms with van der Waals surface area (Å²) in [5.41, 5.74) is 0.322. The molecule has 0 heterocycles. The van der Waals surface area contributed by atoms with Gasteiger partial charge in [-0.1, -0.05) is 31.7 Å². The third-order valence-electron chi connectivity index (χ3n) is 9.55. The lowest BCUT2D eigenvalue weighted by Crippen LogP contribution is -2.60. The van der Waals surface area contributed by atoms with Gasteiger partial charge in [0.05, 0.1) is 24.3 Å². The second kappa shape index (κ2) is 21.1. The predicted molar refractivity (Wildman–Crippen MR) is 193 cm³/mol.